The Labute approximate surface area is 214 Å². The number of carbonyl (C=O) groups excluding carboxylic acids is 2. The fraction of sp³-hybridized carbons (Fsp3) is 0.360. The molecule has 0 fully saturated rings. The molecule has 1 aliphatic rings. The molecule has 4 rings (SSSR count). The fourth-order valence-corrected chi connectivity index (χ4v) is 4.61. The van der Waals surface area contributed by atoms with Crippen molar-refractivity contribution in [1.29, 1.82) is 0 Å². The Morgan fingerprint density at radius 1 is 1.08 bits per heavy atom. The zero-order valence-electron chi connectivity index (χ0n) is 20.3. The topological polar surface area (TPSA) is 84.4 Å². The van der Waals surface area contributed by atoms with Crippen LogP contribution in [-0.4, -0.2) is 39.2 Å². The molecule has 1 N–H and O–H groups in total. The molecule has 0 unspecified atom stereocenters. The van der Waals surface area contributed by atoms with Crippen LogP contribution in [0.4, 0.5) is 27.5 Å². The van der Waals surface area contributed by atoms with Gasteiger partial charge < -0.3 is 9.64 Å². The van der Waals surface area contributed by atoms with Gasteiger partial charge in [0, 0.05) is 25.1 Å². The normalized spacial score (nSPS) is 13.8. The van der Waals surface area contributed by atoms with Gasteiger partial charge in [0.25, 0.3) is 5.91 Å². The van der Waals surface area contributed by atoms with Crippen LogP contribution in [0.25, 0.3) is 0 Å². The van der Waals surface area contributed by atoms with Gasteiger partial charge in [-0.3, -0.25) is 10.1 Å². The SMILES string of the molecule is CC(C)(C)OC(=O)N1CCc2cc(C(=O)Nc3nnc(Cc4ccc(F)cc4C(F)(F)F)s3)ccc2C1. The lowest BCUT2D eigenvalue weighted by atomic mass is 9.97. The largest absolute Gasteiger partial charge is 0.444 e. The molecular formula is C25H24F4N4O3S. The maximum atomic E-state index is 13.3. The monoisotopic (exact) mass is 536 g/mol. The first-order chi connectivity index (χ1) is 17.3. The maximum Gasteiger partial charge on any atom is 0.416 e. The van der Waals surface area contributed by atoms with Crippen LogP contribution in [0.3, 0.4) is 0 Å². The van der Waals surface area contributed by atoms with Gasteiger partial charge in [0.2, 0.25) is 5.13 Å². The molecule has 0 saturated carbocycles. The summed E-state index contributed by atoms with van der Waals surface area (Å²) in [5.41, 5.74) is 0.404. The molecule has 0 spiro atoms. The van der Waals surface area contributed by atoms with Crippen LogP contribution in [0, 0.1) is 5.82 Å². The zero-order chi connectivity index (χ0) is 27.0. The van der Waals surface area contributed by atoms with Crippen molar-refractivity contribution in [2.75, 3.05) is 11.9 Å². The Morgan fingerprint density at radius 3 is 2.54 bits per heavy atom. The summed E-state index contributed by atoms with van der Waals surface area (Å²) in [4.78, 5) is 26.7. The molecule has 7 nitrogen and oxygen atoms in total. The fourth-order valence-electron chi connectivity index (χ4n) is 3.85. The van der Waals surface area contributed by atoms with Gasteiger partial charge in [-0.1, -0.05) is 23.5 Å². The van der Waals surface area contributed by atoms with Crippen molar-refractivity contribution in [3.8, 4) is 0 Å². The molecule has 0 saturated heterocycles. The first-order valence-electron chi connectivity index (χ1n) is 11.4. The molecule has 1 aliphatic heterocycles. The Morgan fingerprint density at radius 2 is 1.84 bits per heavy atom. The van der Waals surface area contributed by atoms with E-state index < -0.39 is 35.2 Å². The number of carbonyl (C=O) groups is 2. The number of amides is 2. The first kappa shape index (κ1) is 26.5. The van der Waals surface area contributed by atoms with Crippen LogP contribution < -0.4 is 5.32 Å². The van der Waals surface area contributed by atoms with E-state index in [1.54, 1.807) is 43.9 Å². The van der Waals surface area contributed by atoms with Crippen molar-refractivity contribution < 1.29 is 31.9 Å². The number of hydrogen-bond acceptors (Lipinski definition) is 6. The Balaban J connectivity index is 1.41. The molecule has 37 heavy (non-hydrogen) atoms. The van der Waals surface area contributed by atoms with E-state index in [0.29, 0.717) is 31.1 Å². The van der Waals surface area contributed by atoms with Crippen molar-refractivity contribution in [1.82, 2.24) is 15.1 Å². The van der Waals surface area contributed by atoms with Crippen molar-refractivity contribution >= 4 is 28.5 Å². The van der Waals surface area contributed by atoms with Crippen LogP contribution in [-0.2, 0) is 30.3 Å². The van der Waals surface area contributed by atoms with E-state index in [9.17, 15) is 27.2 Å². The number of ether oxygens (including phenoxy) is 1. The summed E-state index contributed by atoms with van der Waals surface area (Å²) in [5.74, 6) is -1.43. The van der Waals surface area contributed by atoms with E-state index in [2.05, 4.69) is 15.5 Å². The number of anilines is 1. The maximum absolute atomic E-state index is 13.3. The molecule has 0 bridgehead atoms. The lowest BCUT2D eigenvalue weighted by molar-refractivity contribution is -0.138. The van der Waals surface area contributed by atoms with Crippen LogP contribution in [0.5, 0.6) is 0 Å². The Bertz CT molecular complexity index is 1330. The molecule has 0 aliphatic carbocycles. The summed E-state index contributed by atoms with van der Waals surface area (Å²) >= 11 is 0.938. The average Bonchev–Trinajstić information content (AvgIpc) is 3.24. The number of hydrogen-bond donors (Lipinski definition) is 1. The molecule has 196 valence electrons. The highest BCUT2D eigenvalue weighted by atomic mass is 32.1. The molecule has 2 amide bonds. The summed E-state index contributed by atoms with van der Waals surface area (Å²) < 4.78 is 58.6. The van der Waals surface area contributed by atoms with Crippen molar-refractivity contribution in [3.05, 3.63) is 75.0 Å². The Hall–Kier alpha value is -3.54. The molecule has 3 aromatic rings. The first-order valence-corrected chi connectivity index (χ1v) is 12.2. The van der Waals surface area contributed by atoms with E-state index in [-0.39, 0.29) is 22.1 Å². The highest BCUT2D eigenvalue weighted by molar-refractivity contribution is 7.15. The lowest BCUT2D eigenvalue weighted by Crippen LogP contribution is -2.39. The van der Waals surface area contributed by atoms with E-state index in [1.807, 2.05) is 0 Å². The van der Waals surface area contributed by atoms with Gasteiger partial charge in [0.15, 0.2) is 0 Å². The van der Waals surface area contributed by atoms with Gasteiger partial charge in [-0.2, -0.15) is 13.2 Å². The second-order valence-electron chi connectivity index (χ2n) is 9.57. The number of aromatic nitrogens is 2. The second-order valence-corrected chi connectivity index (χ2v) is 10.6. The molecule has 2 heterocycles. The minimum Gasteiger partial charge on any atom is -0.444 e. The van der Waals surface area contributed by atoms with Crippen molar-refractivity contribution in [2.24, 2.45) is 0 Å². The highest BCUT2D eigenvalue weighted by Gasteiger charge is 2.34. The van der Waals surface area contributed by atoms with Crippen molar-refractivity contribution in [2.45, 2.75) is 51.9 Å². The molecule has 2 aromatic carbocycles. The minimum absolute atomic E-state index is 0.129. The standard InChI is InChI=1S/C25H24F4N4O3S/c1-24(2,3)36-23(35)33-9-8-14-10-16(4-5-17(14)13-33)21(34)30-22-32-31-20(37-22)11-15-6-7-18(26)12-19(15)25(27,28)29/h4-7,10,12H,8-9,11,13H2,1-3H3,(H,30,32,34). The molecule has 0 radical (unpaired) electrons. The van der Waals surface area contributed by atoms with Gasteiger partial charge in [-0.25, -0.2) is 9.18 Å². The summed E-state index contributed by atoms with van der Waals surface area (Å²) in [6.45, 7) is 6.23. The van der Waals surface area contributed by atoms with Crippen LogP contribution in [0.1, 0.15) is 58.4 Å². The summed E-state index contributed by atoms with van der Waals surface area (Å²) in [7, 11) is 0. The molecular weight excluding hydrogens is 512 g/mol. The number of nitrogens with zero attached hydrogens (tertiary/aromatic N) is 3. The predicted octanol–water partition coefficient (Wildman–Crippen LogP) is 5.83. The van der Waals surface area contributed by atoms with Gasteiger partial charge in [0.05, 0.1) is 5.56 Å². The third-order valence-corrected chi connectivity index (χ3v) is 6.38. The summed E-state index contributed by atoms with van der Waals surface area (Å²) in [6, 6.07) is 7.61. The lowest BCUT2D eigenvalue weighted by Gasteiger charge is -2.31. The number of rotatable bonds is 4. The number of benzene rings is 2. The van der Waals surface area contributed by atoms with Gasteiger partial charge >= 0.3 is 12.3 Å². The van der Waals surface area contributed by atoms with Crippen molar-refractivity contribution in [3.63, 3.8) is 0 Å². The van der Waals surface area contributed by atoms with Crippen LogP contribution >= 0.6 is 11.3 Å². The van der Waals surface area contributed by atoms with E-state index >= 15 is 0 Å². The summed E-state index contributed by atoms with van der Waals surface area (Å²) in [5, 5.41) is 10.7. The van der Waals surface area contributed by atoms with Gasteiger partial charge in [-0.15, -0.1) is 10.2 Å². The molecule has 0 atom stereocenters. The average molecular weight is 537 g/mol. The molecule has 1 aromatic heterocycles. The highest BCUT2D eigenvalue weighted by Crippen LogP contribution is 2.34. The number of halogens is 4. The third-order valence-electron chi connectivity index (χ3n) is 5.54. The second kappa shape index (κ2) is 10.1. The minimum atomic E-state index is -4.71. The smallest absolute Gasteiger partial charge is 0.416 e. The third kappa shape index (κ3) is 6.62. The molecule has 12 heteroatoms. The quantitative estimate of drug-likeness (QED) is 0.424. The van der Waals surface area contributed by atoms with Crippen LogP contribution in [0.15, 0.2) is 36.4 Å². The van der Waals surface area contributed by atoms with Gasteiger partial charge in [-0.05, 0) is 68.1 Å². The van der Waals surface area contributed by atoms with Crippen LogP contribution in [0.2, 0.25) is 0 Å². The predicted molar refractivity (Wildman–Crippen MR) is 129 cm³/mol. The number of alkyl halides is 3. The number of fused-ring (bicyclic) bond motifs is 1. The summed E-state index contributed by atoms with van der Waals surface area (Å²) in [6.07, 6.45) is -4.77. The number of nitrogens with one attached hydrogen (secondary N) is 1. The Kier molecular flexibility index (Phi) is 7.22. The van der Waals surface area contributed by atoms with E-state index in [0.717, 1.165) is 34.6 Å². The van der Waals surface area contributed by atoms with E-state index in [1.165, 1.54) is 0 Å². The van der Waals surface area contributed by atoms with E-state index in [4.69, 9.17) is 4.74 Å². The zero-order valence-corrected chi connectivity index (χ0v) is 21.1. The van der Waals surface area contributed by atoms with Gasteiger partial charge in [0.1, 0.15) is 16.4 Å².